The van der Waals surface area contributed by atoms with Gasteiger partial charge in [-0.25, -0.2) is 13.1 Å². The van der Waals surface area contributed by atoms with Crippen LogP contribution in [0.3, 0.4) is 0 Å². The third kappa shape index (κ3) is 5.55. The van der Waals surface area contributed by atoms with Gasteiger partial charge in [0.15, 0.2) is 0 Å². The standard InChI is InChI=1S/C12H20N4O3S/c1-9-8-10(16-13)4-5-11(9)12(17)14-6-3-7-15-20(2,18)19/h4-5,8,15-16H,3,6-7,13H2,1-2H3,(H,14,17). The number of benzene rings is 1. The molecule has 0 unspecified atom stereocenters. The Labute approximate surface area is 119 Å². The first-order valence-electron chi connectivity index (χ1n) is 6.13. The minimum Gasteiger partial charge on any atom is -0.352 e. The van der Waals surface area contributed by atoms with Crippen molar-refractivity contribution in [2.75, 3.05) is 24.8 Å². The molecule has 0 aliphatic rings. The fraction of sp³-hybridized carbons (Fsp3) is 0.417. The molecule has 0 saturated carbocycles. The predicted molar refractivity (Wildman–Crippen MR) is 78.8 cm³/mol. The molecule has 0 aliphatic heterocycles. The third-order valence-electron chi connectivity index (χ3n) is 2.64. The summed E-state index contributed by atoms with van der Waals surface area (Å²) in [6.45, 7) is 2.52. The van der Waals surface area contributed by atoms with Gasteiger partial charge in [-0.3, -0.25) is 10.6 Å². The van der Waals surface area contributed by atoms with Crippen molar-refractivity contribution in [1.82, 2.24) is 10.0 Å². The van der Waals surface area contributed by atoms with Gasteiger partial charge in [-0.2, -0.15) is 0 Å². The van der Waals surface area contributed by atoms with Crippen LogP contribution < -0.4 is 21.3 Å². The van der Waals surface area contributed by atoms with Gasteiger partial charge >= 0.3 is 0 Å². The lowest BCUT2D eigenvalue weighted by Crippen LogP contribution is -2.29. The van der Waals surface area contributed by atoms with Crippen molar-refractivity contribution < 1.29 is 13.2 Å². The molecule has 5 N–H and O–H groups in total. The maximum atomic E-state index is 11.9. The Balaban J connectivity index is 2.43. The van der Waals surface area contributed by atoms with E-state index in [1.165, 1.54) is 0 Å². The van der Waals surface area contributed by atoms with Gasteiger partial charge in [0.2, 0.25) is 10.0 Å². The van der Waals surface area contributed by atoms with Crippen molar-refractivity contribution in [3.8, 4) is 0 Å². The molecule has 0 aliphatic carbocycles. The van der Waals surface area contributed by atoms with Gasteiger partial charge in [-0.05, 0) is 37.1 Å². The third-order valence-corrected chi connectivity index (χ3v) is 3.37. The Morgan fingerprint density at radius 2 is 2.00 bits per heavy atom. The summed E-state index contributed by atoms with van der Waals surface area (Å²) in [6.07, 6.45) is 1.63. The number of hydrazine groups is 1. The number of carbonyl (C=O) groups is 1. The first-order chi connectivity index (χ1) is 9.33. The van der Waals surface area contributed by atoms with Crippen LogP contribution in [0.4, 0.5) is 5.69 Å². The van der Waals surface area contributed by atoms with E-state index in [2.05, 4.69) is 15.5 Å². The van der Waals surface area contributed by atoms with E-state index in [9.17, 15) is 13.2 Å². The maximum Gasteiger partial charge on any atom is 0.251 e. The van der Waals surface area contributed by atoms with Crippen LogP contribution in [-0.2, 0) is 10.0 Å². The summed E-state index contributed by atoms with van der Waals surface area (Å²) in [5, 5.41) is 2.74. The Morgan fingerprint density at radius 1 is 1.30 bits per heavy atom. The molecule has 1 aromatic rings. The van der Waals surface area contributed by atoms with Crippen LogP contribution in [0.25, 0.3) is 0 Å². The van der Waals surface area contributed by atoms with Gasteiger partial charge in [0.1, 0.15) is 0 Å². The number of anilines is 1. The van der Waals surface area contributed by atoms with E-state index in [0.717, 1.165) is 17.5 Å². The molecule has 0 spiro atoms. The van der Waals surface area contributed by atoms with E-state index >= 15 is 0 Å². The second-order valence-corrected chi connectivity index (χ2v) is 6.28. The van der Waals surface area contributed by atoms with Crippen LogP contribution in [0.2, 0.25) is 0 Å². The molecule has 0 radical (unpaired) electrons. The van der Waals surface area contributed by atoms with E-state index in [4.69, 9.17) is 5.84 Å². The summed E-state index contributed by atoms with van der Waals surface area (Å²) in [4.78, 5) is 11.9. The number of aryl methyl sites for hydroxylation is 1. The molecule has 1 amide bonds. The Morgan fingerprint density at radius 3 is 2.55 bits per heavy atom. The first kappa shape index (κ1) is 16.4. The molecule has 1 rings (SSSR count). The largest absolute Gasteiger partial charge is 0.352 e. The summed E-state index contributed by atoms with van der Waals surface area (Å²) in [6, 6.07) is 5.18. The highest BCUT2D eigenvalue weighted by atomic mass is 32.2. The number of rotatable bonds is 7. The lowest BCUT2D eigenvalue weighted by atomic mass is 10.1. The number of hydrogen-bond acceptors (Lipinski definition) is 5. The molecule has 0 fully saturated rings. The number of nitrogens with two attached hydrogens (primary N) is 1. The molecule has 8 heteroatoms. The van der Waals surface area contributed by atoms with E-state index in [-0.39, 0.29) is 5.91 Å². The second-order valence-electron chi connectivity index (χ2n) is 4.45. The minimum absolute atomic E-state index is 0.189. The molecular formula is C12H20N4O3S. The summed E-state index contributed by atoms with van der Waals surface area (Å²) < 4.78 is 24.0. The lowest BCUT2D eigenvalue weighted by Gasteiger charge is -2.09. The van der Waals surface area contributed by atoms with Gasteiger partial charge in [-0.1, -0.05) is 0 Å². The van der Waals surface area contributed by atoms with Crippen molar-refractivity contribution in [2.45, 2.75) is 13.3 Å². The molecule has 0 saturated heterocycles. The highest BCUT2D eigenvalue weighted by Crippen LogP contribution is 2.14. The molecule has 7 nitrogen and oxygen atoms in total. The zero-order valence-electron chi connectivity index (χ0n) is 11.6. The Kier molecular flexibility index (Phi) is 5.93. The highest BCUT2D eigenvalue weighted by molar-refractivity contribution is 7.88. The molecule has 1 aromatic carbocycles. The Bertz CT molecular complexity index is 572. The van der Waals surface area contributed by atoms with E-state index in [1.54, 1.807) is 18.2 Å². The predicted octanol–water partition coefficient (Wildman–Crippen LogP) is -0.0503. The first-order valence-corrected chi connectivity index (χ1v) is 8.03. The van der Waals surface area contributed by atoms with Gasteiger partial charge in [0, 0.05) is 24.3 Å². The van der Waals surface area contributed by atoms with Crippen LogP contribution in [-0.4, -0.2) is 33.7 Å². The van der Waals surface area contributed by atoms with E-state index in [1.807, 2.05) is 6.92 Å². The smallest absolute Gasteiger partial charge is 0.251 e. The average Bonchev–Trinajstić information content (AvgIpc) is 2.36. The zero-order chi connectivity index (χ0) is 15.2. The van der Waals surface area contributed by atoms with Crippen molar-refractivity contribution in [3.05, 3.63) is 29.3 Å². The average molecular weight is 300 g/mol. The lowest BCUT2D eigenvalue weighted by molar-refractivity contribution is 0.0953. The van der Waals surface area contributed by atoms with Crippen LogP contribution in [0.15, 0.2) is 18.2 Å². The summed E-state index contributed by atoms with van der Waals surface area (Å²) in [5.41, 5.74) is 4.63. The van der Waals surface area contributed by atoms with Crippen LogP contribution in [0.5, 0.6) is 0 Å². The highest BCUT2D eigenvalue weighted by Gasteiger charge is 2.08. The molecule has 112 valence electrons. The Hall–Kier alpha value is -1.64. The number of nitrogens with one attached hydrogen (secondary N) is 3. The van der Waals surface area contributed by atoms with Crippen LogP contribution >= 0.6 is 0 Å². The molecule has 20 heavy (non-hydrogen) atoms. The zero-order valence-corrected chi connectivity index (χ0v) is 12.4. The molecule has 0 bridgehead atoms. The van der Waals surface area contributed by atoms with Gasteiger partial charge in [0.25, 0.3) is 5.91 Å². The number of carbonyl (C=O) groups excluding carboxylic acids is 1. The van der Waals surface area contributed by atoms with Crippen molar-refractivity contribution >= 4 is 21.6 Å². The fourth-order valence-corrected chi connectivity index (χ4v) is 2.17. The van der Waals surface area contributed by atoms with Gasteiger partial charge in [0.05, 0.1) is 6.26 Å². The number of hydrogen-bond donors (Lipinski definition) is 4. The minimum atomic E-state index is -3.17. The summed E-state index contributed by atoms with van der Waals surface area (Å²) in [5.74, 6) is 5.10. The monoisotopic (exact) mass is 300 g/mol. The van der Waals surface area contributed by atoms with Gasteiger partial charge < -0.3 is 10.7 Å². The topological polar surface area (TPSA) is 113 Å². The summed E-state index contributed by atoms with van der Waals surface area (Å²) in [7, 11) is -3.17. The number of amides is 1. The van der Waals surface area contributed by atoms with Crippen molar-refractivity contribution in [3.63, 3.8) is 0 Å². The van der Waals surface area contributed by atoms with E-state index < -0.39 is 10.0 Å². The van der Waals surface area contributed by atoms with Crippen molar-refractivity contribution in [2.24, 2.45) is 5.84 Å². The molecule has 0 heterocycles. The van der Waals surface area contributed by atoms with E-state index in [0.29, 0.717) is 25.1 Å². The SMILES string of the molecule is Cc1cc(NN)ccc1C(=O)NCCCNS(C)(=O)=O. The maximum absolute atomic E-state index is 11.9. The molecule has 0 aromatic heterocycles. The second kappa shape index (κ2) is 7.22. The van der Waals surface area contributed by atoms with Crippen molar-refractivity contribution in [1.29, 1.82) is 0 Å². The fourth-order valence-electron chi connectivity index (χ4n) is 1.65. The molecular weight excluding hydrogens is 280 g/mol. The van der Waals surface area contributed by atoms with Crippen LogP contribution in [0.1, 0.15) is 22.3 Å². The normalized spacial score (nSPS) is 11.2. The number of sulfonamides is 1. The summed E-state index contributed by atoms with van der Waals surface area (Å²) >= 11 is 0. The quantitative estimate of drug-likeness (QED) is 0.320. The number of nitrogen functional groups attached to an aromatic ring is 1. The molecule has 0 atom stereocenters. The van der Waals surface area contributed by atoms with Crippen LogP contribution in [0, 0.1) is 6.92 Å². The van der Waals surface area contributed by atoms with Gasteiger partial charge in [-0.15, -0.1) is 0 Å².